The minimum atomic E-state index is -1.79. The number of carbonyl (C=O) groups is 4. The van der Waals surface area contributed by atoms with Gasteiger partial charge in [0.1, 0.15) is 22.1 Å². The number of thiophene rings is 1. The van der Waals surface area contributed by atoms with Gasteiger partial charge in [0.2, 0.25) is 0 Å². The molecule has 0 aliphatic carbocycles. The number of aromatic nitrogens is 3. The predicted octanol–water partition coefficient (Wildman–Crippen LogP) is 0.731. The van der Waals surface area contributed by atoms with Crippen LogP contribution in [0.15, 0.2) is 40.0 Å². The first-order valence-corrected chi connectivity index (χ1v) is 13.6. The Labute approximate surface area is 217 Å². The topological polar surface area (TPSA) is 179 Å². The fourth-order valence-corrected chi connectivity index (χ4v) is 6.93. The smallest absolute Gasteiger partial charge is 0.352 e. The summed E-state index contributed by atoms with van der Waals surface area (Å²) in [6, 6.07) is 1.80. The van der Waals surface area contributed by atoms with Crippen molar-refractivity contribution in [1.29, 1.82) is 0 Å². The molecule has 16 heteroatoms. The SMILES string of the molecule is CCNC(=O)NC(C(=O)N[C@@]1(OC)C(=O)N2C(C(=O)O)=C(CSc3cn[nH]n3)CSC21)c1cccs1. The van der Waals surface area contributed by atoms with Gasteiger partial charge in [0.15, 0.2) is 0 Å². The quantitative estimate of drug-likeness (QED) is 0.160. The highest BCUT2D eigenvalue weighted by atomic mass is 32.2. The maximum absolute atomic E-state index is 13.4. The first-order valence-electron chi connectivity index (χ1n) is 10.7. The van der Waals surface area contributed by atoms with Gasteiger partial charge in [-0.25, -0.2) is 9.59 Å². The molecule has 2 aliphatic rings. The number of nitrogens with zero attached hydrogens (tertiary/aromatic N) is 3. The number of carboxylic acid groups (broad SMARTS) is 1. The zero-order valence-corrected chi connectivity index (χ0v) is 21.6. The van der Waals surface area contributed by atoms with Gasteiger partial charge in [-0.1, -0.05) is 17.8 Å². The number of aliphatic carboxylic acids is 1. The predicted molar refractivity (Wildman–Crippen MR) is 132 cm³/mol. The van der Waals surface area contributed by atoms with Gasteiger partial charge < -0.3 is 25.8 Å². The number of fused-ring (bicyclic) bond motifs is 1. The first-order chi connectivity index (χ1) is 17.3. The normalized spacial score (nSPS) is 21.9. The molecule has 192 valence electrons. The highest BCUT2D eigenvalue weighted by Gasteiger charge is 2.67. The molecule has 4 rings (SSSR count). The summed E-state index contributed by atoms with van der Waals surface area (Å²) in [7, 11) is 1.27. The van der Waals surface area contributed by atoms with Gasteiger partial charge in [-0.2, -0.15) is 10.3 Å². The average Bonchev–Trinajstić information content (AvgIpc) is 3.58. The zero-order valence-electron chi connectivity index (χ0n) is 19.1. The molecule has 5 N–H and O–H groups in total. The average molecular weight is 554 g/mol. The van der Waals surface area contributed by atoms with Crippen molar-refractivity contribution in [3.8, 4) is 0 Å². The molecular formula is C20H23N7O6S3. The lowest BCUT2D eigenvalue weighted by molar-refractivity contribution is -0.192. The maximum atomic E-state index is 13.4. The Bertz CT molecular complexity index is 1170. The molecule has 2 unspecified atom stereocenters. The maximum Gasteiger partial charge on any atom is 0.352 e. The van der Waals surface area contributed by atoms with Gasteiger partial charge >= 0.3 is 12.0 Å². The Hall–Kier alpha value is -3.08. The van der Waals surface area contributed by atoms with E-state index < -0.39 is 41.0 Å². The minimum absolute atomic E-state index is 0.142. The first kappa shape index (κ1) is 26.0. The summed E-state index contributed by atoms with van der Waals surface area (Å²) in [6.45, 7) is 2.11. The number of amides is 4. The molecule has 0 aromatic carbocycles. The van der Waals surface area contributed by atoms with Gasteiger partial charge in [0.25, 0.3) is 17.5 Å². The number of urea groups is 1. The Balaban J connectivity index is 1.55. The Morgan fingerprint density at radius 2 is 2.25 bits per heavy atom. The molecule has 2 aromatic heterocycles. The van der Waals surface area contributed by atoms with Crippen LogP contribution in [0.1, 0.15) is 17.8 Å². The number of β-lactam (4-membered cyclic amide) rings is 1. The van der Waals surface area contributed by atoms with E-state index in [1.807, 2.05) is 0 Å². The summed E-state index contributed by atoms with van der Waals surface area (Å²) in [5.74, 6) is -2.03. The number of H-pyrrole nitrogens is 1. The van der Waals surface area contributed by atoms with Crippen molar-refractivity contribution < 1.29 is 29.0 Å². The van der Waals surface area contributed by atoms with Gasteiger partial charge in [-0.05, 0) is 23.9 Å². The third-order valence-electron chi connectivity index (χ3n) is 5.43. The lowest BCUT2D eigenvalue weighted by Gasteiger charge is -2.56. The number of methoxy groups -OCH3 is 1. The van der Waals surface area contributed by atoms with Crippen molar-refractivity contribution in [3.63, 3.8) is 0 Å². The second-order valence-electron chi connectivity index (χ2n) is 7.57. The van der Waals surface area contributed by atoms with E-state index in [9.17, 15) is 24.3 Å². The molecule has 36 heavy (non-hydrogen) atoms. The number of carboxylic acids is 1. The van der Waals surface area contributed by atoms with Gasteiger partial charge in [0.05, 0.1) is 6.20 Å². The molecule has 13 nitrogen and oxygen atoms in total. The Kier molecular flexibility index (Phi) is 7.87. The number of thioether (sulfide) groups is 2. The molecule has 0 bridgehead atoms. The lowest BCUT2D eigenvalue weighted by atomic mass is 9.97. The highest BCUT2D eigenvalue weighted by Crippen LogP contribution is 2.47. The third kappa shape index (κ3) is 4.80. The number of nitrogens with one attached hydrogen (secondary N) is 4. The molecule has 0 radical (unpaired) electrons. The van der Waals surface area contributed by atoms with Crippen LogP contribution in [0, 0.1) is 0 Å². The number of hydrogen-bond acceptors (Lipinski definition) is 10. The van der Waals surface area contributed by atoms with Crippen LogP contribution < -0.4 is 16.0 Å². The van der Waals surface area contributed by atoms with Gasteiger partial charge in [-0.3, -0.25) is 14.5 Å². The van der Waals surface area contributed by atoms with E-state index in [1.54, 1.807) is 24.4 Å². The molecular weight excluding hydrogens is 530 g/mol. The summed E-state index contributed by atoms with van der Waals surface area (Å²) in [6.07, 6.45) is 1.52. The van der Waals surface area contributed by atoms with Crippen molar-refractivity contribution in [1.82, 2.24) is 36.3 Å². The second kappa shape index (κ2) is 10.9. The van der Waals surface area contributed by atoms with Gasteiger partial charge in [0, 0.05) is 30.0 Å². The van der Waals surface area contributed by atoms with Crippen LogP contribution in [0.3, 0.4) is 0 Å². The number of rotatable bonds is 10. The molecule has 2 aliphatic heterocycles. The Morgan fingerprint density at radius 1 is 1.44 bits per heavy atom. The van der Waals surface area contributed by atoms with Gasteiger partial charge in [-0.15, -0.1) is 28.2 Å². The summed E-state index contributed by atoms with van der Waals surface area (Å²) >= 11 is 3.83. The second-order valence-corrected chi connectivity index (χ2v) is 10.6. The number of ether oxygens (including phenoxy) is 1. The van der Waals surface area contributed by atoms with Crippen LogP contribution in [0.2, 0.25) is 0 Å². The van der Waals surface area contributed by atoms with Crippen molar-refractivity contribution >= 4 is 58.7 Å². The van der Waals surface area contributed by atoms with Crippen LogP contribution >= 0.6 is 34.9 Å². The number of carbonyl (C=O) groups excluding carboxylic acids is 3. The van der Waals surface area contributed by atoms with Crippen LogP contribution in [-0.2, 0) is 19.1 Å². The molecule has 0 spiro atoms. The van der Waals surface area contributed by atoms with Crippen molar-refractivity contribution in [2.75, 3.05) is 25.2 Å². The largest absolute Gasteiger partial charge is 0.477 e. The third-order valence-corrected chi connectivity index (χ3v) is 8.73. The number of aromatic amines is 1. The van der Waals surface area contributed by atoms with E-state index in [-0.39, 0.29) is 5.70 Å². The van der Waals surface area contributed by atoms with Crippen molar-refractivity contribution in [3.05, 3.63) is 39.9 Å². The summed E-state index contributed by atoms with van der Waals surface area (Å²) in [4.78, 5) is 52.7. The number of hydrogen-bond donors (Lipinski definition) is 5. The zero-order chi connectivity index (χ0) is 25.9. The lowest BCUT2D eigenvalue weighted by Crippen LogP contribution is -2.81. The van der Waals surface area contributed by atoms with Crippen molar-refractivity contribution in [2.24, 2.45) is 0 Å². The molecule has 3 atom stereocenters. The van der Waals surface area contributed by atoms with Crippen LogP contribution in [0.4, 0.5) is 4.79 Å². The molecule has 2 aromatic rings. The monoisotopic (exact) mass is 553 g/mol. The molecule has 1 saturated heterocycles. The summed E-state index contributed by atoms with van der Waals surface area (Å²) < 4.78 is 5.52. The fraction of sp³-hybridized carbons (Fsp3) is 0.400. The van der Waals surface area contributed by atoms with Crippen LogP contribution in [0.5, 0.6) is 0 Å². The molecule has 0 saturated carbocycles. The van der Waals surface area contributed by atoms with E-state index in [0.717, 1.165) is 4.90 Å². The molecule has 1 fully saturated rings. The summed E-state index contributed by atoms with van der Waals surface area (Å²) in [5, 5.41) is 29.4. The minimum Gasteiger partial charge on any atom is -0.477 e. The molecule has 4 amide bonds. The summed E-state index contributed by atoms with van der Waals surface area (Å²) in [5.41, 5.74) is -1.39. The Morgan fingerprint density at radius 3 is 2.86 bits per heavy atom. The van der Waals surface area contributed by atoms with Crippen LogP contribution in [0.25, 0.3) is 0 Å². The van der Waals surface area contributed by atoms with E-state index in [4.69, 9.17) is 4.74 Å². The van der Waals surface area contributed by atoms with E-state index in [2.05, 4.69) is 31.4 Å². The fourth-order valence-electron chi connectivity index (χ4n) is 3.80. The van der Waals surface area contributed by atoms with Crippen LogP contribution in [-0.4, -0.2) is 85.5 Å². The van der Waals surface area contributed by atoms with E-state index in [1.165, 1.54) is 48.2 Å². The molecule has 4 heterocycles. The van der Waals surface area contributed by atoms with E-state index >= 15 is 0 Å². The van der Waals surface area contributed by atoms with E-state index in [0.29, 0.717) is 33.5 Å². The van der Waals surface area contributed by atoms with Crippen molar-refractivity contribution in [2.45, 2.75) is 29.1 Å². The standard InChI is InChI=1S/C20H23N7O6S3/c1-3-21-19(32)23-13(11-5-4-6-34-11)15(28)24-20(33-2)17(31)27-14(16(29)30)10(9-36-18(20)27)8-35-12-7-22-26-25-12/h4-7,13,18H,3,8-9H2,1-2H3,(H,24,28)(H,29,30)(H2,21,23,32)(H,22,25,26)/t13?,18?,20-/m1/s1. The highest BCUT2D eigenvalue weighted by molar-refractivity contribution is 8.01.